The monoisotopic (exact) mass is 328 g/mol. The van der Waals surface area contributed by atoms with Crippen molar-refractivity contribution >= 4 is 5.91 Å². The van der Waals surface area contributed by atoms with E-state index in [0.717, 1.165) is 49.5 Å². The van der Waals surface area contributed by atoms with Gasteiger partial charge >= 0.3 is 0 Å². The van der Waals surface area contributed by atoms with Crippen LogP contribution in [0.3, 0.4) is 0 Å². The lowest BCUT2D eigenvalue weighted by Gasteiger charge is -2.32. The highest BCUT2D eigenvalue weighted by Gasteiger charge is 2.24. The molecule has 1 aromatic heterocycles. The number of ether oxygens (including phenoxy) is 2. The van der Waals surface area contributed by atoms with Crippen LogP contribution in [0.2, 0.25) is 0 Å². The van der Waals surface area contributed by atoms with Crippen LogP contribution in [0.25, 0.3) is 0 Å². The molecule has 0 unspecified atom stereocenters. The smallest absolute Gasteiger partial charge is 0.257 e. The topological polar surface area (TPSA) is 63.9 Å². The maximum Gasteiger partial charge on any atom is 0.257 e. The van der Waals surface area contributed by atoms with Gasteiger partial charge < -0.3 is 24.1 Å². The predicted molar refractivity (Wildman–Crippen MR) is 87.0 cm³/mol. The lowest BCUT2D eigenvalue weighted by atomic mass is 10.0. The number of carbonyl (C=O) groups is 1. The molecule has 2 aliphatic rings. The summed E-state index contributed by atoms with van der Waals surface area (Å²) in [5.41, 5.74) is 1.74. The lowest BCUT2D eigenvalue weighted by Crippen LogP contribution is -2.44. The molecule has 126 valence electrons. The second-order valence-corrected chi connectivity index (χ2v) is 6.11. The molecule has 0 spiro atoms. The number of hydrogen-bond acceptors (Lipinski definition) is 5. The Bertz CT molecular complexity index is 706. The highest BCUT2D eigenvalue weighted by Crippen LogP contribution is 2.35. The van der Waals surface area contributed by atoms with Gasteiger partial charge in [-0.1, -0.05) is 12.1 Å². The summed E-state index contributed by atoms with van der Waals surface area (Å²) in [7, 11) is 0. The van der Waals surface area contributed by atoms with E-state index in [1.807, 2.05) is 17.0 Å². The first-order chi connectivity index (χ1) is 11.8. The minimum Gasteiger partial charge on any atom is -0.472 e. The quantitative estimate of drug-likeness (QED) is 0.934. The molecular formula is C18H20N2O4. The van der Waals surface area contributed by atoms with Crippen molar-refractivity contribution < 1.29 is 18.7 Å². The van der Waals surface area contributed by atoms with E-state index < -0.39 is 0 Å². The maximum absolute atomic E-state index is 12.3. The number of hydrogen-bond donors (Lipinski definition) is 1. The highest BCUT2D eigenvalue weighted by molar-refractivity contribution is 5.93. The summed E-state index contributed by atoms with van der Waals surface area (Å²) in [6.07, 6.45) is 4.92. The molecular weight excluding hydrogens is 308 g/mol. The molecule has 1 N–H and O–H groups in total. The van der Waals surface area contributed by atoms with Gasteiger partial charge in [0.2, 0.25) is 6.79 Å². The van der Waals surface area contributed by atoms with E-state index in [1.54, 1.807) is 6.07 Å². The zero-order valence-electron chi connectivity index (χ0n) is 13.4. The summed E-state index contributed by atoms with van der Waals surface area (Å²) in [6, 6.07) is 8.07. The first-order valence-electron chi connectivity index (χ1n) is 8.23. The second kappa shape index (κ2) is 6.57. The molecule has 0 saturated carbocycles. The number of para-hydroxylation sites is 1. The number of benzene rings is 1. The van der Waals surface area contributed by atoms with Crippen LogP contribution in [0.1, 0.15) is 28.8 Å². The molecule has 1 aromatic carbocycles. The van der Waals surface area contributed by atoms with Crippen molar-refractivity contribution in [3.63, 3.8) is 0 Å². The van der Waals surface area contributed by atoms with Crippen LogP contribution >= 0.6 is 0 Å². The zero-order chi connectivity index (χ0) is 16.4. The molecule has 2 aromatic rings. The van der Waals surface area contributed by atoms with Crippen molar-refractivity contribution in [1.29, 1.82) is 0 Å². The first-order valence-corrected chi connectivity index (χ1v) is 8.23. The van der Waals surface area contributed by atoms with Crippen LogP contribution in [0.5, 0.6) is 11.5 Å². The molecule has 0 radical (unpaired) electrons. The van der Waals surface area contributed by atoms with Crippen LogP contribution in [0.4, 0.5) is 0 Å². The molecule has 0 aliphatic carbocycles. The van der Waals surface area contributed by atoms with Gasteiger partial charge in [0.05, 0.1) is 11.8 Å². The molecule has 1 fully saturated rings. The largest absolute Gasteiger partial charge is 0.472 e. The van der Waals surface area contributed by atoms with Gasteiger partial charge in [-0.15, -0.1) is 0 Å². The number of nitrogens with zero attached hydrogens (tertiary/aromatic N) is 1. The van der Waals surface area contributed by atoms with E-state index in [-0.39, 0.29) is 5.91 Å². The van der Waals surface area contributed by atoms with Crippen molar-refractivity contribution in [3.8, 4) is 11.5 Å². The molecule has 1 saturated heterocycles. The average Bonchev–Trinajstić information content (AvgIpc) is 3.31. The van der Waals surface area contributed by atoms with E-state index in [9.17, 15) is 4.79 Å². The standard InChI is InChI=1S/C18H20N2O4/c21-18(14-6-9-22-11-14)20-7-4-15(5-8-20)19-10-13-2-1-3-16-17(13)24-12-23-16/h1-3,6,9,11,15,19H,4-5,7-8,10,12H2. The Morgan fingerprint density at radius 3 is 2.88 bits per heavy atom. The summed E-state index contributed by atoms with van der Waals surface area (Å²) in [4.78, 5) is 14.2. The van der Waals surface area contributed by atoms with Crippen LogP contribution in [-0.4, -0.2) is 36.7 Å². The third kappa shape index (κ3) is 2.97. The van der Waals surface area contributed by atoms with Gasteiger partial charge in [-0.2, -0.15) is 0 Å². The second-order valence-electron chi connectivity index (χ2n) is 6.11. The summed E-state index contributed by atoms with van der Waals surface area (Å²) in [5, 5.41) is 3.57. The molecule has 2 aliphatic heterocycles. The van der Waals surface area contributed by atoms with Crippen LogP contribution in [0, 0.1) is 0 Å². The Kier molecular flexibility index (Phi) is 4.13. The summed E-state index contributed by atoms with van der Waals surface area (Å²) < 4.78 is 15.9. The van der Waals surface area contributed by atoms with Crippen molar-refractivity contribution in [2.45, 2.75) is 25.4 Å². The molecule has 0 bridgehead atoms. The average molecular weight is 328 g/mol. The summed E-state index contributed by atoms with van der Waals surface area (Å²) >= 11 is 0. The van der Waals surface area contributed by atoms with Crippen LogP contribution in [0.15, 0.2) is 41.2 Å². The van der Waals surface area contributed by atoms with Crippen molar-refractivity contribution in [2.75, 3.05) is 19.9 Å². The normalized spacial score (nSPS) is 17.2. The number of fused-ring (bicyclic) bond motifs is 1. The Labute approximate surface area is 140 Å². The highest BCUT2D eigenvalue weighted by atomic mass is 16.7. The third-order valence-corrected chi connectivity index (χ3v) is 4.61. The predicted octanol–water partition coefficient (Wildman–Crippen LogP) is 2.40. The molecule has 6 nitrogen and oxygen atoms in total. The fraction of sp³-hybridized carbons (Fsp3) is 0.389. The Morgan fingerprint density at radius 1 is 1.21 bits per heavy atom. The number of carbonyl (C=O) groups excluding carboxylic acids is 1. The number of furan rings is 1. The Morgan fingerprint density at radius 2 is 2.08 bits per heavy atom. The summed E-state index contributed by atoms with van der Waals surface area (Å²) in [6.45, 7) is 2.55. The van der Waals surface area contributed by atoms with Gasteiger partial charge in [0.25, 0.3) is 5.91 Å². The van der Waals surface area contributed by atoms with Gasteiger partial charge in [0, 0.05) is 31.2 Å². The number of likely N-dealkylation sites (tertiary alicyclic amines) is 1. The van der Waals surface area contributed by atoms with Crippen molar-refractivity contribution in [1.82, 2.24) is 10.2 Å². The summed E-state index contributed by atoms with van der Waals surface area (Å²) in [5.74, 6) is 1.71. The minimum absolute atomic E-state index is 0.0497. The minimum atomic E-state index is 0.0497. The number of amides is 1. The molecule has 0 atom stereocenters. The molecule has 3 heterocycles. The van der Waals surface area contributed by atoms with Crippen LogP contribution < -0.4 is 14.8 Å². The van der Waals surface area contributed by atoms with E-state index in [2.05, 4.69) is 11.4 Å². The number of rotatable bonds is 4. The molecule has 24 heavy (non-hydrogen) atoms. The van der Waals surface area contributed by atoms with Gasteiger partial charge in [-0.3, -0.25) is 4.79 Å². The third-order valence-electron chi connectivity index (χ3n) is 4.61. The van der Waals surface area contributed by atoms with Crippen molar-refractivity contribution in [2.24, 2.45) is 0 Å². The van der Waals surface area contributed by atoms with Crippen LogP contribution in [-0.2, 0) is 6.54 Å². The number of piperidine rings is 1. The maximum atomic E-state index is 12.3. The lowest BCUT2D eigenvalue weighted by molar-refractivity contribution is 0.0704. The van der Waals surface area contributed by atoms with E-state index >= 15 is 0 Å². The Balaban J connectivity index is 1.30. The molecule has 6 heteroatoms. The first kappa shape index (κ1) is 15.1. The van der Waals surface area contributed by atoms with Gasteiger partial charge in [-0.05, 0) is 25.0 Å². The molecule has 4 rings (SSSR count). The van der Waals surface area contributed by atoms with Crippen molar-refractivity contribution in [3.05, 3.63) is 47.9 Å². The fourth-order valence-electron chi connectivity index (χ4n) is 3.24. The fourth-order valence-corrected chi connectivity index (χ4v) is 3.24. The van der Waals surface area contributed by atoms with E-state index in [1.165, 1.54) is 12.5 Å². The Hall–Kier alpha value is -2.47. The zero-order valence-corrected chi connectivity index (χ0v) is 13.4. The molecule has 1 amide bonds. The van der Waals surface area contributed by atoms with E-state index in [4.69, 9.17) is 13.9 Å². The van der Waals surface area contributed by atoms with Gasteiger partial charge in [-0.25, -0.2) is 0 Å². The SMILES string of the molecule is O=C(c1ccoc1)N1CCC(NCc2cccc3c2OCO3)CC1. The van der Waals surface area contributed by atoms with E-state index in [0.29, 0.717) is 18.4 Å². The number of nitrogens with one attached hydrogen (secondary N) is 1. The van der Waals surface area contributed by atoms with Gasteiger partial charge in [0.15, 0.2) is 11.5 Å². The van der Waals surface area contributed by atoms with Gasteiger partial charge in [0.1, 0.15) is 6.26 Å².